The van der Waals surface area contributed by atoms with Crippen LogP contribution in [0.25, 0.3) is 0 Å². The van der Waals surface area contributed by atoms with Crippen LogP contribution in [0, 0.1) is 0 Å². The summed E-state index contributed by atoms with van der Waals surface area (Å²) in [6.45, 7) is 2.85. The monoisotopic (exact) mass is 371 g/mol. The third-order valence-corrected chi connectivity index (χ3v) is 4.43. The highest BCUT2D eigenvalue weighted by atomic mass is 79.9. The Morgan fingerprint density at radius 2 is 2.00 bits per heavy atom. The molecule has 5 heteroatoms. The number of aromatic nitrogens is 2. The molecule has 0 atom stereocenters. The number of anilines is 1. The normalized spacial score (nSPS) is 10.7. The van der Waals surface area contributed by atoms with Gasteiger partial charge < -0.3 is 5.32 Å². The number of hydrogen-bond donors (Lipinski definition) is 1. The van der Waals surface area contributed by atoms with E-state index >= 15 is 0 Å². The van der Waals surface area contributed by atoms with Crippen LogP contribution in [0.4, 0.5) is 5.69 Å². The van der Waals surface area contributed by atoms with Gasteiger partial charge in [-0.1, -0.05) is 19.1 Å². The first-order valence-electron chi connectivity index (χ1n) is 5.82. The zero-order chi connectivity index (χ0) is 13.1. The topological polar surface area (TPSA) is 29.9 Å². The Balaban J connectivity index is 2.16. The molecule has 1 heterocycles. The predicted octanol–water partition coefficient (Wildman–Crippen LogP) is 4.12. The number of halogens is 2. The van der Waals surface area contributed by atoms with E-state index in [1.807, 2.05) is 29.9 Å². The van der Waals surface area contributed by atoms with Crippen molar-refractivity contribution in [3.8, 4) is 0 Å². The Labute approximate surface area is 124 Å². The minimum Gasteiger partial charge on any atom is -0.378 e. The lowest BCUT2D eigenvalue weighted by Crippen LogP contribution is -2.06. The van der Waals surface area contributed by atoms with Crippen LogP contribution in [0.15, 0.2) is 33.2 Å². The van der Waals surface area contributed by atoms with Crippen molar-refractivity contribution in [1.82, 2.24) is 9.78 Å². The van der Waals surface area contributed by atoms with Gasteiger partial charge in [-0.05, 0) is 50.4 Å². The summed E-state index contributed by atoms with van der Waals surface area (Å²) in [6.07, 6.45) is 0.934. The molecule has 0 aliphatic carbocycles. The summed E-state index contributed by atoms with van der Waals surface area (Å²) < 4.78 is 4.10. The first kappa shape index (κ1) is 13.6. The Kier molecular flexibility index (Phi) is 4.45. The number of nitrogens with zero attached hydrogens (tertiary/aromatic N) is 2. The molecule has 18 heavy (non-hydrogen) atoms. The standard InChI is InChI=1S/C13H15Br2N3/c1-3-10-13(15)12(18(2)17-10)8-16-11-7-5-4-6-9(11)14/h4-7,16H,3,8H2,1-2H3. The van der Waals surface area contributed by atoms with Gasteiger partial charge in [0.05, 0.1) is 22.4 Å². The third kappa shape index (κ3) is 2.78. The zero-order valence-electron chi connectivity index (χ0n) is 10.4. The van der Waals surface area contributed by atoms with Gasteiger partial charge in [-0.3, -0.25) is 4.68 Å². The van der Waals surface area contributed by atoms with Gasteiger partial charge in [0.15, 0.2) is 0 Å². The van der Waals surface area contributed by atoms with Crippen LogP contribution in [0.1, 0.15) is 18.3 Å². The highest BCUT2D eigenvalue weighted by Crippen LogP contribution is 2.25. The van der Waals surface area contributed by atoms with Crippen LogP contribution in [-0.4, -0.2) is 9.78 Å². The number of hydrogen-bond acceptors (Lipinski definition) is 2. The summed E-state index contributed by atoms with van der Waals surface area (Å²) in [4.78, 5) is 0. The number of rotatable bonds is 4. The average molecular weight is 373 g/mol. The maximum atomic E-state index is 4.48. The SMILES string of the molecule is CCc1nn(C)c(CNc2ccccc2Br)c1Br. The van der Waals surface area contributed by atoms with Crippen molar-refractivity contribution >= 4 is 37.5 Å². The van der Waals surface area contributed by atoms with E-state index in [9.17, 15) is 0 Å². The van der Waals surface area contributed by atoms with Gasteiger partial charge in [-0.25, -0.2) is 0 Å². The maximum Gasteiger partial charge on any atom is 0.0767 e. The van der Waals surface area contributed by atoms with Gasteiger partial charge in [-0.15, -0.1) is 0 Å². The Hall–Kier alpha value is -0.810. The molecule has 0 saturated carbocycles. The molecule has 1 N–H and O–H groups in total. The smallest absolute Gasteiger partial charge is 0.0767 e. The number of para-hydroxylation sites is 1. The van der Waals surface area contributed by atoms with E-state index in [1.165, 1.54) is 0 Å². The molecule has 2 rings (SSSR count). The Bertz CT molecular complexity index is 549. The van der Waals surface area contributed by atoms with Gasteiger partial charge in [-0.2, -0.15) is 5.10 Å². The van der Waals surface area contributed by atoms with E-state index in [-0.39, 0.29) is 0 Å². The predicted molar refractivity (Wildman–Crippen MR) is 81.8 cm³/mol. The lowest BCUT2D eigenvalue weighted by Gasteiger charge is -2.09. The molecule has 96 valence electrons. The van der Waals surface area contributed by atoms with Crippen molar-refractivity contribution in [3.63, 3.8) is 0 Å². The van der Waals surface area contributed by atoms with Gasteiger partial charge >= 0.3 is 0 Å². The zero-order valence-corrected chi connectivity index (χ0v) is 13.5. The van der Waals surface area contributed by atoms with E-state index < -0.39 is 0 Å². The third-order valence-electron chi connectivity index (χ3n) is 2.82. The van der Waals surface area contributed by atoms with Crippen molar-refractivity contribution in [2.75, 3.05) is 5.32 Å². The second-order valence-corrected chi connectivity index (χ2v) is 5.67. The van der Waals surface area contributed by atoms with Gasteiger partial charge in [0.1, 0.15) is 0 Å². The molecule has 0 spiro atoms. The lowest BCUT2D eigenvalue weighted by atomic mass is 10.3. The molecule has 0 bridgehead atoms. The summed E-state index contributed by atoms with van der Waals surface area (Å²) in [6, 6.07) is 8.10. The summed E-state index contributed by atoms with van der Waals surface area (Å²) in [7, 11) is 1.97. The first-order chi connectivity index (χ1) is 8.63. The molecule has 0 aliphatic heterocycles. The molecule has 1 aromatic heterocycles. The van der Waals surface area contributed by atoms with Gasteiger partial charge in [0.2, 0.25) is 0 Å². The molecule has 2 aromatic rings. The van der Waals surface area contributed by atoms with Crippen molar-refractivity contribution in [3.05, 3.63) is 44.6 Å². The molecule has 0 radical (unpaired) electrons. The van der Waals surface area contributed by atoms with Crippen molar-refractivity contribution in [1.29, 1.82) is 0 Å². The molecule has 3 nitrogen and oxygen atoms in total. The maximum absolute atomic E-state index is 4.48. The molecular weight excluding hydrogens is 358 g/mol. The van der Waals surface area contributed by atoms with Gasteiger partial charge in [0, 0.05) is 17.2 Å². The number of nitrogens with one attached hydrogen (secondary N) is 1. The highest BCUT2D eigenvalue weighted by molar-refractivity contribution is 9.11. The summed E-state index contributed by atoms with van der Waals surface area (Å²) in [5.41, 5.74) is 3.34. The minimum absolute atomic E-state index is 0.743. The second-order valence-electron chi connectivity index (χ2n) is 4.02. The van der Waals surface area contributed by atoms with Crippen LogP contribution in [0.3, 0.4) is 0 Å². The van der Waals surface area contributed by atoms with E-state index in [2.05, 4.69) is 55.3 Å². The average Bonchev–Trinajstić information content (AvgIpc) is 2.64. The van der Waals surface area contributed by atoms with E-state index in [0.29, 0.717) is 0 Å². The molecule has 0 aliphatic rings. The summed E-state index contributed by atoms with van der Waals surface area (Å²) in [5.74, 6) is 0. The lowest BCUT2D eigenvalue weighted by molar-refractivity contribution is 0.706. The highest BCUT2D eigenvalue weighted by Gasteiger charge is 2.12. The Morgan fingerprint density at radius 1 is 1.28 bits per heavy atom. The van der Waals surface area contributed by atoms with Crippen molar-refractivity contribution in [2.24, 2.45) is 7.05 Å². The molecule has 1 aromatic carbocycles. The van der Waals surface area contributed by atoms with E-state index in [4.69, 9.17) is 0 Å². The van der Waals surface area contributed by atoms with Crippen LogP contribution in [-0.2, 0) is 20.0 Å². The second kappa shape index (κ2) is 5.89. The van der Waals surface area contributed by atoms with Crippen LogP contribution < -0.4 is 5.32 Å². The summed E-state index contributed by atoms with van der Waals surface area (Å²) >= 11 is 7.15. The van der Waals surface area contributed by atoms with Crippen LogP contribution in [0.2, 0.25) is 0 Å². The number of aryl methyl sites for hydroxylation is 2. The number of benzene rings is 1. The quantitative estimate of drug-likeness (QED) is 0.874. The molecule has 0 fully saturated rings. The largest absolute Gasteiger partial charge is 0.378 e. The van der Waals surface area contributed by atoms with Gasteiger partial charge in [0.25, 0.3) is 0 Å². The molecule has 0 amide bonds. The van der Waals surface area contributed by atoms with Crippen molar-refractivity contribution < 1.29 is 0 Å². The first-order valence-corrected chi connectivity index (χ1v) is 7.40. The fourth-order valence-corrected chi connectivity index (χ4v) is 2.98. The molecule has 0 saturated heterocycles. The van der Waals surface area contributed by atoms with Crippen LogP contribution in [0.5, 0.6) is 0 Å². The molecular formula is C13H15Br2N3. The summed E-state index contributed by atoms with van der Waals surface area (Å²) in [5, 5.41) is 7.89. The van der Waals surface area contributed by atoms with Crippen molar-refractivity contribution in [2.45, 2.75) is 19.9 Å². The van der Waals surface area contributed by atoms with Crippen LogP contribution >= 0.6 is 31.9 Å². The Morgan fingerprint density at radius 3 is 2.61 bits per heavy atom. The fourth-order valence-electron chi connectivity index (χ4n) is 1.80. The minimum atomic E-state index is 0.743. The fraction of sp³-hybridized carbons (Fsp3) is 0.308. The van der Waals surface area contributed by atoms with E-state index in [0.717, 1.165) is 39.0 Å². The van der Waals surface area contributed by atoms with E-state index in [1.54, 1.807) is 0 Å². The molecule has 0 unspecified atom stereocenters.